The topological polar surface area (TPSA) is 67.5 Å². The first-order valence-corrected chi connectivity index (χ1v) is 8.86. The third-order valence-corrected chi connectivity index (χ3v) is 5.42. The number of hydrogen-bond acceptors (Lipinski definition) is 4. The molecule has 136 valence electrons. The fourth-order valence-corrected chi connectivity index (χ4v) is 3.82. The molecule has 0 atom stereocenters. The second-order valence-electron chi connectivity index (χ2n) is 7.58. The predicted octanol–water partition coefficient (Wildman–Crippen LogP) is 4.92. The Morgan fingerprint density at radius 1 is 0.963 bits per heavy atom. The molecule has 0 amide bonds. The quantitative estimate of drug-likeness (QED) is 0.669. The van der Waals surface area contributed by atoms with Crippen LogP contribution in [0, 0.1) is 6.92 Å². The molecule has 0 spiro atoms. The second kappa shape index (κ2) is 5.68. The van der Waals surface area contributed by atoms with Gasteiger partial charge in [0, 0.05) is 17.2 Å². The Morgan fingerprint density at radius 3 is 2.33 bits per heavy atom. The number of hydrogen-bond donors (Lipinski definition) is 1. The highest BCUT2D eigenvalue weighted by atomic mass is 16.3. The molecule has 1 heterocycles. The molecule has 1 N–H and O–H groups in total. The minimum atomic E-state index is -1.03. The summed E-state index contributed by atoms with van der Waals surface area (Å²) in [6.07, 6.45) is 0. The van der Waals surface area contributed by atoms with Crippen LogP contribution < -0.4 is 5.43 Å². The van der Waals surface area contributed by atoms with E-state index in [1.54, 1.807) is 13.8 Å². The molecule has 0 saturated heterocycles. The zero-order valence-corrected chi connectivity index (χ0v) is 15.7. The molecule has 1 aliphatic carbocycles. The molecule has 0 aliphatic heterocycles. The number of allylic oxidation sites excluding steroid dienone is 1. The van der Waals surface area contributed by atoms with Crippen LogP contribution in [0.25, 0.3) is 27.9 Å². The molecule has 4 rings (SSSR count). The van der Waals surface area contributed by atoms with E-state index < -0.39 is 5.41 Å². The first kappa shape index (κ1) is 17.3. The second-order valence-corrected chi connectivity index (χ2v) is 7.58. The van der Waals surface area contributed by atoms with Crippen LogP contribution in [-0.4, -0.2) is 10.9 Å². The van der Waals surface area contributed by atoms with Crippen LogP contribution in [0.2, 0.25) is 0 Å². The van der Waals surface area contributed by atoms with E-state index in [1.165, 1.54) is 13.0 Å². The summed E-state index contributed by atoms with van der Waals surface area (Å²) < 4.78 is 6.10. The monoisotopic (exact) mass is 360 g/mol. The number of aryl methyl sites for hydroxylation is 1. The number of ketones is 1. The fourth-order valence-electron chi connectivity index (χ4n) is 3.82. The molecule has 4 nitrogen and oxygen atoms in total. The average Bonchev–Trinajstić information content (AvgIpc) is 2.65. The number of aliphatic hydroxyl groups excluding tert-OH is 1. The van der Waals surface area contributed by atoms with E-state index in [9.17, 15) is 14.7 Å². The van der Waals surface area contributed by atoms with Gasteiger partial charge in [-0.2, -0.15) is 0 Å². The molecule has 1 aromatic heterocycles. The minimum Gasteiger partial charge on any atom is -0.507 e. The molecule has 0 saturated carbocycles. The summed E-state index contributed by atoms with van der Waals surface area (Å²) in [6, 6.07) is 13.2. The highest BCUT2D eigenvalue weighted by Crippen LogP contribution is 2.40. The van der Waals surface area contributed by atoms with Gasteiger partial charge in [-0.05, 0) is 44.0 Å². The van der Waals surface area contributed by atoms with Crippen molar-refractivity contribution in [2.45, 2.75) is 33.1 Å². The minimum absolute atomic E-state index is 0.0808. The van der Waals surface area contributed by atoms with Crippen LogP contribution in [0.4, 0.5) is 0 Å². The fraction of sp³-hybridized carbons (Fsp3) is 0.217. The number of carbonyl (C=O) groups excluding carboxylic acids is 1. The van der Waals surface area contributed by atoms with E-state index >= 15 is 0 Å². The van der Waals surface area contributed by atoms with Crippen molar-refractivity contribution in [1.82, 2.24) is 0 Å². The summed E-state index contributed by atoms with van der Waals surface area (Å²) >= 11 is 0. The van der Waals surface area contributed by atoms with E-state index in [0.717, 1.165) is 21.9 Å². The van der Waals surface area contributed by atoms with Crippen molar-refractivity contribution in [3.8, 4) is 11.3 Å². The zero-order chi connectivity index (χ0) is 19.5. The molecule has 3 aromatic rings. The highest BCUT2D eigenvalue weighted by molar-refractivity contribution is 6.10. The lowest BCUT2D eigenvalue weighted by molar-refractivity contribution is -0.120. The molecular weight excluding hydrogens is 340 g/mol. The van der Waals surface area contributed by atoms with Crippen molar-refractivity contribution in [2.24, 2.45) is 0 Å². The normalized spacial score (nSPS) is 15.9. The van der Waals surface area contributed by atoms with Crippen molar-refractivity contribution in [3.63, 3.8) is 0 Å². The maximum Gasteiger partial charge on any atom is 0.196 e. The highest BCUT2D eigenvalue weighted by Gasteiger charge is 2.43. The maximum atomic E-state index is 12.8. The van der Waals surface area contributed by atoms with Crippen molar-refractivity contribution < 1.29 is 14.3 Å². The summed E-state index contributed by atoms with van der Waals surface area (Å²) in [5, 5.41) is 12.4. The van der Waals surface area contributed by atoms with E-state index in [-0.39, 0.29) is 33.9 Å². The number of carbonyl (C=O) groups is 1. The Bertz CT molecular complexity index is 1210. The van der Waals surface area contributed by atoms with Crippen LogP contribution in [0.15, 0.2) is 57.2 Å². The first-order valence-electron chi connectivity index (χ1n) is 8.86. The Hall–Kier alpha value is -3.14. The Kier molecular flexibility index (Phi) is 3.63. The largest absolute Gasteiger partial charge is 0.507 e. The lowest BCUT2D eigenvalue weighted by atomic mass is 9.75. The van der Waals surface area contributed by atoms with Gasteiger partial charge in [-0.1, -0.05) is 36.4 Å². The summed E-state index contributed by atoms with van der Waals surface area (Å²) in [6.45, 7) is 6.99. The Balaban J connectivity index is 2.07. The van der Waals surface area contributed by atoms with Gasteiger partial charge < -0.3 is 9.52 Å². The Labute approximate surface area is 156 Å². The third-order valence-electron chi connectivity index (χ3n) is 5.42. The van der Waals surface area contributed by atoms with E-state index in [2.05, 4.69) is 0 Å². The van der Waals surface area contributed by atoms with Gasteiger partial charge in [0.15, 0.2) is 11.2 Å². The van der Waals surface area contributed by atoms with Gasteiger partial charge in [0.1, 0.15) is 22.8 Å². The first-order chi connectivity index (χ1) is 12.7. The molecule has 1 aliphatic rings. The van der Waals surface area contributed by atoms with Crippen molar-refractivity contribution in [2.75, 3.05) is 0 Å². The number of benzene rings is 2. The summed E-state index contributed by atoms with van der Waals surface area (Å²) in [5.74, 6) is 0.0656. The van der Waals surface area contributed by atoms with Crippen LogP contribution in [0.1, 0.15) is 37.7 Å². The SMILES string of the molecule is CC1=C(O)c2c(oc(-c3ccc(C)c4ccccc34)cc2=O)C(C)(C)C1=O. The van der Waals surface area contributed by atoms with E-state index in [4.69, 9.17) is 4.42 Å². The standard InChI is InChI=1S/C23H20O4/c1-12-9-10-16(15-8-6-5-7-14(12)15)18-11-17(24)19-20(25)13(2)21(26)23(3,4)22(19)27-18/h5-11,25H,1-4H3. The summed E-state index contributed by atoms with van der Waals surface area (Å²) in [7, 11) is 0. The molecule has 2 aromatic carbocycles. The number of fused-ring (bicyclic) bond motifs is 2. The van der Waals surface area contributed by atoms with Gasteiger partial charge in [-0.15, -0.1) is 0 Å². The molecule has 0 unspecified atom stereocenters. The van der Waals surface area contributed by atoms with Gasteiger partial charge >= 0.3 is 0 Å². The van der Waals surface area contributed by atoms with Gasteiger partial charge in [0.25, 0.3) is 0 Å². The molecular formula is C23H20O4. The molecule has 4 heteroatoms. The number of aliphatic hydroxyl groups is 1. The van der Waals surface area contributed by atoms with Crippen molar-refractivity contribution >= 4 is 22.3 Å². The number of Topliss-reactive ketones (excluding diaryl/α,β-unsaturated/α-hetero) is 1. The average molecular weight is 360 g/mol. The molecule has 0 fully saturated rings. The predicted molar refractivity (Wildman–Crippen MR) is 106 cm³/mol. The van der Waals surface area contributed by atoms with Crippen LogP contribution in [0.5, 0.6) is 0 Å². The smallest absolute Gasteiger partial charge is 0.196 e. The van der Waals surface area contributed by atoms with Crippen LogP contribution in [-0.2, 0) is 10.2 Å². The zero-order valence-electron chi connectivity index (χ0n) is 15.7. The Morgan fingerprint density at radius 2 is 1.63 bits per heavy atom. The maximum absolute atomic E-state index is 12.8. The van der Waals surface area contributed by atoms with Gasteiger partial charge in [0.05, 0.1) is 5.41 Å². The van der Waals surface area contributed by atoms with E-state index in [1.807, 2.05) is 43.3 Å². The van der Waals surface area contributed by atoms with Gasteiger partial charge in [0.2, 0.25) is 0 Å². The molecule has 0 bridgehead atoms. The summed E-state index contributed by atoms with van der Waals surface area (Å²) in [5.41, 5.74) is 0.798. The van der Waals surface area contributed by atoms with Gasteiger partial charge in [-0.25, -0.2) is 0 Å². The number of rotatable bonds is 1. The van der Waals surface area contributed by atoms with Crippen LogP contribution >= 0.6 is 0 Å². The van der Waals surface area contributed by atoms with Crippen LogP contribution in [0.3, 0.4) is 0 Å². The van der Waals surface area contributed by atoms with Crippen molar-refractivity contribution in [1.29, 1.82) is 0 Å². The molecule has 27 heavy (non-hydrogen) atoms. The summed E-state index contributed by atoms with van der Waals surface area (Å²) in [4.78, 5) is 25.5. The molecule has 0 radical (unpaired) electrons. The van der Waals surface area contributed by atoms with Gasteiger partial charge in [-0.3, -0.25) is 9.59 Å². The lowest BCUT2D eigenvalue weighted by Crippen LogP contribution is -2.37. The third kappa shape index (κ3) is 2.36. The van der Waals surface area contributed by atoms with Crippen molar-refractivity contribution in [3.05, 3.63) is 75.1 Å². The lowest BCUT2D eigenvalue weighted by Gasteiger charge is -2.29. The van der Waals surface area contributed by atoms with E-state index in [0.29, 0.717) is 5.76 Å².